The molecule has 0 spiro atoms. The molecule has 0 rings (SSSR count). The Balaban J connectivity index is 3.54. The van der Waals surface area contributed by atoms with E-state index in [-0.39, 0.29) is 0 Å². The molecule has 0 aliphatic carbocycles. The van der Waals surface area contributed by atoms with Crippen LogP contribution in [-0.4, -0.2) is 11.7 Å². The minimum absolute atomic E-state index is 0.364. The van der Waals surface area contributed by atoms with Crippen LogP contribution in [0.5, 0.6) is 0 Å². The van der Waals surface area contributed by atoms with Crippen molar-refractivity contribution in [2.24, 2.45) is 23.7 Å². The molecule has 1 N–H and O–H groups in total. The van der Waals surface area contributed by atoms with E-state index in [2.05, 4.69) is 34.6 Å². The highest BCUT2D eigenvalue weighted by molar-refractivity contribution is 4.62. The molecule has 1 heteroatoms. The van der Waals surface area contributed by atoms with Gasteiger partial charge in [0.15, 0.2) is 0 Å². The van der Waals surface area contributed by atoms with Gasteiger partial charge in [0.05, 0.1) is 0 Å². The molecule has 0 saturated heterocycles. The van der Waals surface area contributed by atoms with Crippen LogP contribution >= 0.6 is 0 Å². The average molecular weight is 313 g/mol. The summed E-state index contributed by atoms with van der Waals surface area (Å²) in [5.41, 5.74) is 0. The molecule has 0 radical (unpaired) electrons. The fourth-order valence-corrected chi connectivity index (χ4v) is 3.47. The number of hydrogen-bond donors (Lipinski definition) is 1. The van der Waals surface area contributed by atoms with Crippen molar-refractivity contribution in [1.29, 1.82) is 0 Å². The van der Waals surface area contributed by atoms with E-state index < -0.39 is 0 Å². The summed E-state index contributed by atoms with van der Waals surface area (Å²) in [6, 6.07) is 0. The molecule has 22 heavy (non-hydrogen) atoms. The minimum Gasteiger partial charge on any atom is -0.396 e. The molecule has 0 aromatic rings. The van der Waals surface area contributed by atoms with Gasteiger partial charge in [-0.3, -0.25) is 0 Å². The van der Waals surface area contributed by atoms with Crippen molar-refractivity contribution in [3.05, 3.63) is 0 Å². The van der Waals surface area contributed by atoms with Crippen LogP contribution in [0.2, 0.25) is 0 Å². The van der Waals surface area contributed by atoms with Crippen molar-refractivity contribution in [1.82, 2.24) is 0 Å². The number of rotatable bonds is 15. The lowest BCUT2D eigenvalue weighted by atomic mass is 9.90. The molecule has 3 atom stereocenters. The maximum Gasteiger partial charge on any atom is 0.0433 e. The summed E-state index contributed by atoms with van der Waals surface area (Å²) in [6.07, 6.45) is 14.7. The predicted molar refractivity (Wildman–Crippen MR) is 100 cm³/mol. The molecule has 0 amide bonds. The van der Waals surface area contributed by atoms with Crippen LogP contribution in [0, 0.1) is 23.7 Å². The summed E-state index contributed by atoms with van der Waals surface area (Å²) < 4.78 is 0. The first kappa shape index (κ1) is 22.0. The third kappa shape index (κ3) is 13.6. The first-order valence-electron chi connectivity index (χ1n) is 10.1. The Bertz CT molecular complexity index is 224. The normalized spacial score (nSPS) is 16.0. The molecule has 0 aromatic carbocycles. The summed E-state index contributed by atoms with van der Waals surface area (Å²) in [4.78, 5) is 0. The van der Waals surface area contributed by atoms with Crippen molar-refractivity contribution >= 4 is 0 Å². The van der Waals surface area contributed by atoms with E-state index in [9.17, 15) is 0 Å². The maximum absolute atomic E-state index is 9.04. The highest BCUT2D eigenvalue weighted by Gasteiger charge is 2.09. The van der Waals surface area contributed by atoms with Gasteiger partial charge >= 0.3 is 0 Å². The van der Waals surface area contributed by atoms with Gasteiger partial charge in [-0.2, -0.15) is 0 Å². The monoisotopic (exact) mass is 312 g/mol. The highest BCUT2D eigenvalue weighted by atomic mass is 16.3. The largest absolute Gasteiger partial charge is 0.396 e. The molecule has 0 fully saturated rings. The molecule has 0 bridgehead atoms. The molecular formula is C21H44O. The fourth-order valence-electron chi connectivity index (χ4n) is 3.47. The zero-order valence-corrected chi connectivity index (χ0v) is 16.2. The van der Waals surface area contributed by atoms with Crippen LogP contribution in [0.3, 0.4) is 0 Å². The van der Waals surface area contributed by atoms with Gasteiger partial charge in [-0.05, 0) is 30.1 Å². The standard InChI is InChI=1S/C21H44O/c1-6-21(16-17-22)15-9-14-20(5)13-8-12-19(4)11-7-10-18(2)3/h18-22H,6-17H2,1-5H3. The van der Waals surface area contributed by atoms with Crippen molar-refractivity contribution in [3.8, 4) is 0 Å². The van der Waals surface area contributed by atoms with E-state index in [0.717, 1.165) is 30.1 Å². The van der Waals surface area contributed by atoms with Gasteiger partial charge in [-0.1, -0.05) is 98.8 Å². The van der Waals surface area contributed by atoms with E-state index in [0.29, 0.717) is 6.61 Å². The van der Waals surface area contributed by atoms with E-state index >= 15 is 0 Å². The Morgan fingerprint density at radius 3 is 1.50 bits per heavy atom. The lowest BCUT2D eigenvalue weighted by Gasteiger charge is -2.17. The van der Waals surface area contributed by atoms with E-state index in [1.807, 2.05) is 0 Å². The highest BCUT2D eigenvalue weighted by Crippen LogP contribution is 2.23. The third-order valence-corrected chi connectivity index (χ3v) is 5.30. The van der Waals surface area contributed by atoms with Crippen LogP contribution in [-0.2, 0) is 0 Å². The molecule has 0 aliphatic rings. The van der Waals surface area contributed by atoms with Crippen LogP contribution in [0.1, 0.15) is 105 Å². The van der Waals surface area contributed by atoms with Crippen LogP contribution in [0.25, 0.3) is 0 Å². The van der Waals surface area contributed by atoms with E-state index in [4.69, 9.17) is 5.11 Å². The Morgan fingerprint density at radius 2 is 1.09 bits per heavy atom. The van der Waals surface area contributed by atoms with Crippen molar-refractivity contribution in [2.45, 2.75) is 105 Å². The molecule has 0 heterocycles. The predicted octanol–water partition coefficient (Wildman–Crippen LogP) is 6.83. The van der Waals surface area contributed by atoms with E-state index in [1.54, 1.807) is 0 Å². The smallest absolute Gasteiger partial charge is 0.0433 e. The topological polar surface area (TPSA) is 20.2 Å². The van der Waals surface area contributed by atoms with Gasteiger partial charge in [0.25, 0.3) is 0 Å². The first-order valence-corrected chi connectivity index (χ1v) is 10.1. The summed E-state index contributed by atoms with van der Waals surface area (Å²) in [7, 11) is 0. The number of aliphatic hydroxyl groups is 1. The van der Waals surface area contributed by atoms with Gasteiger partial charge in [0.2, 0.25) is 0 Å². The lowest BCUT2D eigenvalue weighted by Crippen LogP contribution is -2.04. The number of aliphatic hydroxyl groups excluding tert-OH is 1. The number of hydrogen-bond acceptors (Lipinski definition) is 1. The van der Waals surface area contributed by atoms with E-state index in [1.165, 1.54) is 64.2 Å². The van der Waals surface area contributed by atoms with Crippen molar-refractivity contribution < 1.29 is 5.11 Å². The Hall–Kier alpha value is -0.0400. The summed E-state index contributed by atoms with van der Waals surface area (Å²) in [5.74, 6) is 3.41. The average Bonchev–Trinajstić information content (AvgIpc) is 2.46. The first-order chi connectivity index (χ1) is 10.5. The molecule has 0 saturated carbocycles. The zero-order chi connectivity index (χ0) is 16.8. The summed E-state index contributed by atoms with van der Waals surface area (Å²) >= 11 is 0. The van der Waals surface area contributed by atoms with Crippen molar-refractivity contribution in [2.75, 3.05) is 6.61 Å². The molecule has 3 unspecified atom stereocenters. The van der Waals surface area contributed by atoms with Gasteiger partial charge in [0, 0.05) is 6.61 Å². The fraction of sp³-hybridized carbons (Fsp3) is 1.00. The molecule has 0 aromatic heterocycles. The summed E-state index contributed by atoms with van der Waals surface area (Å²) in [5, 5.41) is 9.04. The second-order valence-corrected chi connectivity index (χ2v) is 8.18. The van der Waals surface area contributed by atoms with Crippen LogP contribution < -0.4 is 0 Å². The van der Waals surface area contributed by atoms with Crippen LogP contribution in [0.4, 0.5) is 0 Å². The molecule has 0 aliphatic heterocycles. The second-order valence-electron chi connectivity index (χ2n) is 8.18. The Kier molecular flexibility index (Phi) is 14.5. The van der Waals surface area contributed by atoms with Gasteiger partial charge in [-0.15, -0.1) is 0 Å². The third-order valence-electron chi connectivity index (χ3n) is 5.30. The van der Waals surface area contributed by atoms with Gasteiger partial charge in [-0.25, -0.2) is 0 Å². The maximum atomic E-state index is 9.04. The quantitative estimate of drug-likeness (QED) is 0.351. The van der Waals surface area contributed by atoms with Gasteiger partial charge in [0.1, 0.15) is 0 Å². The van der Waals surface area contributed by atoms with Gasteiger partial charge < -0.3 is 5.11 Å². The molecule has 1 nitrogen and oxygen atoms in total. The molecular weight excluding hydrogens is 268 g/mol. The van der Waals surface area contributed by atoms with Crippen molar-refractivity contribution in [3.63, 3.8) is 0 Å². The van der Waals surface area contributed by atoms with Crippen LogP contribution in [0.15, 0.2) is 0 Å². The minimum atomic E-state index is 0.364. The Morgan fingerprint density at radius 1 is 0.636 bits per heavy atom. The SMILES string of the molecule is CCC(CCO)CCCC(C)CCCC(C)CCCC(C)C. The lowest BCUT2D eigenvalue weighted by molar-refractivity contribution is 0.245. The molecule has 134 valence electrons. The Labute approximate surface area is 141 Å². The summed E-state index contributed by atoms with van der Waals surface area (Å²) in [6.45, 7) is 12.1. The zero-order valence-electron chi connectivity index (χ0n) is 16.2. The second kappa shape index (κ2) is 14.5.